The molecule has 1 radical (unpaired) electrons. The van der Waals surface area contributed by atoms with E-state index in [1.807, 2.05) is 26.2 Å². The Labute approximate surface area is 106 Å². The standard InChI is InChI=1S/C13H14BN2O2/c1-14-10-4-2-3-8-5-6-13(7-9(8)10)11(17)15-12(18)16-13/h2-4H,5-7H2,1H3,(H2,15,16,17,18). The van der Waals surface area contributed by atoms with Crippen LogP contribution in [-0.4, -0.2) is 24.8 Å². The van der Waals surface area contributed by atoms with Gasteiger partial charge in [-0.3, -0.25) is 10.1 Å². The first-order chi connectivity index (χ1) is 8.64. The van der Waals surface area contributed by atoms with Crippen molar-refractivity contribution in [2.24, 2.45) is 0 Å². The summed E-state index contributed by atoms with van der Waals surface area (Å²) in [5.41, 5.74) is 2.89. The number of urea groups is 1. The Kier molecular flexibility index (Phi) is 2.43. The fourth-order valence-corrected chi connectivity index (χ4v) is 2.94. The highest BCUT2D eigenvalue weighted by Gasteiger charge is 2.48. The van der Waals surface area contributed by atoms with Gasteiger partial charge in [0.05, 0.1) is 0 Å². The van der Waals surface area contributed by atoms with E-state index in [4.69, 9.17) is 0 Å². The number of carbonyl (C=O) groups excluding carboxylic acids is 2. The molecule has 1 heterocycles. The summed E-state index contributed by atoms with van der Waals surface area (Å²) >= 11 is 0. The molecule has 18 heavy (non-hydrogen) atoms. The lowest BCUT2D eigenvalue weighted by Crippen LogP contribution is -2.52. The monoisotopic (exact) mass is 241 g/mol. The molecule has 91 valence electrons. The van der Waals surface area contributed by atoms with Gasteiger partial charge in [0.15, 0.2) is 0 Å². The van der Waals surface area contributed by atoms with Gasteiger partial charge in [-0.05, 0) is 24.0 Å². The summed E-state index contributed by atoms with van der Waals surface area (Å²) in [4.78, 5) is 23.3. The van der Waals surface area contributed by atoms with Gasteiger partial charge in [0.25, 0.3) is 5.91 Å². The molecule has 1 atom stereocenters. The van der Waals surface area contributed by atoms with Crippen LogP contribution in [0.25, 0.3) is 0 Å². The number of imide groups is 1. The summed E-state index contributed by atoms with van der Waals surface area (Å²) in [7, 11) is 2.05. The van der Waals surface area contributed by atoms with Gasteiger partial charge in [0.1, 0.15) is 12.8 Å². The molecule has 1 fully saturated rings. The zero-order chi connectivity index (χ0) is 12.8. The van der Waals surface area contributed by atoms with E-state index in [9.17, 15) is 9.59 Å². The highest BCUT2D eigenvalue weighted by atomic mass is 16.2. The number of fused-ring (bicyclic) bond motifs is 1. The second-order valence-electron chi connectivity index (χ2n) is 4.94. The highest BCUT2D eigenvalue weighted by molar-refractivity contribution is 6.52. The van der Waals surface area contributed by atoms with E-state index in [0.29, 0.717) is 12.8 Å². The van der Waals surface area contributed by atoms with Gasteiger partial charge in [-0.15, -0.1) is 0 Å². The van der Waals surface area contributed by atoms with Crippen molar-refractivity contribution in [3.8, 4) is 0 Å². The molecule has 5 heteroatoms. The molecule has 1 aliphatic heterocycles. The van der Waals surface area contributed by atoms with Crippen LogP contribution in [0.2, 0.25) is 6.82 Å². The van der Waals surface area contributed by atoms with Gasteiger partial charge >= 0.3 is 6.03 Å². The molecule has 3 amide bonds. The first kappa shape index (κ1) is 11.3. The number of carbonyl (C=O) groups is 2. The number of nitrogens with one attached hydrogen (secondary N) is 2. The van der Waals surface area contributed by atoms with Crippen LogP contribution in [0.3, 0.4) is 0 Å². The summed E-state index contributed by atoms with van der Waals surface area (Å²) in [5, 5.41) is 5.14. The van der Waals surface area contributed by atoms with Crippen LogP contribution >= 0.6 is 0 Å². The third-order valence-electron chi connectivity index (χ3n) is 3.93. The van der Waals surface area contributed by atoms with Crippen molar-refractivity contribution in [1.29, 1.82) is 0 Å². The SMILES string of the molecule is C[B]c1cccc2c1CC1(CC2)NC(=O)NC1=O. The predicted octanol–water partition coefficient (Wildman–Crippen LogP) is 0.131. The lowest BCUT2D eigenvalue weighted by molar-refractivity contribution is -0.124. The molecule has 3 rings (SSSR count). The normalized spacial score (nSPS) is 25.6. The Morgan fingerprint density at radius 2 is 2.17 bits per heavy atom. The third kappa shape index (κ3) is 1.54. The molecule has 2 aliphatic rings. The van der Waals surface area contributed by atoms with Gasteiger partial charge in [0, 0.05) is 6.42 Å². The van der Waals surface area contributed by atoms with Crippen molar-refractivity contribution in [2.45, 2.75) is 31.6 Å². The van der Waals surface area contributed by atoms with E-state index in [1.54, 1.807) is 0 Å². The van der Waals surface area contributed by atoms with Crippen molar-refractivity contribution < 1.29 is 9.59 Å². The first-order valence-electron chi connectivity index (χ1n) is 6.18. The zero-order valence-electron chi connectivity index (χ0n) is 10.2. The second-order valence-corrected chi connectivity index (χ2v) is 4.94. The van der Waals surface area contributed by atoms with Crippen LogP contribution in [0.5, 0.6) is 0 Å². The predicted molar refractivity (Wildman–Crippen MR) is 69.1 cm³/mol. The Balaban J connectivity index is 2.02. The van der Waals surface area contributed by atoms with Crippen LogP contribution in [0.1, 0.15) is 17.5 Å². The molecule has 4 nitrogen and oxygen atoms in total. The number of hydrogen-bond donors (Lipinski definition) is 2. The molecular formula is C13H14BN2O2. The molecule has 0 aromatic heterocycles. The number of hydrogen-bond acceptors (Lipinski definition) is 2. The maximum atomic E-state index is 12.0. The summed E-state index contributed by atoms with van der Waals surface area (Å²) in [6.45, 7) is 1.99. The maximum Gasteiger partial charge on any atom is 0.322 e. The Bertz CT molecular complexity index is 530. The summed E-state index contributed by atoms with van der Waals surface area (Å²) in [5.74, 6) is -0.191. The number of aryl methyl sites for hydroxylation is 1. The summed E-state index contributed by atoms with van der Waals surface area (Å²) in [6, 6.07) is 5.82. The molecule has 0 saturated carbocycles. The maximum absolute atomic E-state index is 12.0. The summed E-state index contributed by atoms with van der Waals surface area (Å²) in [6.07, 6.45) is 2.08. The summed E-state index contributed by atoms with van der Waals surface area (Å²) < 4.78 is 0. The molecule has 1 aromatic carbocycles. The van der Waals surface area contributed by atoms with Crippen LogP contribution in [-0.2, 0) is 17.6 Å². The van der Waals surface area contributed by atoms with Crippen molar-refractivity contribution in [1.82, 2.24) is 10.6 Å². The number of amides is 3. The van der Waals surface area contributed by atoms with Gasteiger partial charge < -0.3 is 5.32 Å². The topological polar surface area (TPSA) is 58.2 Å². The van der Waals surface area contributed by atoms with Gasteiger partial charge in [-0.2, -0.15) is 0 Å². The molecule has 1 aromatic rings. The molecule has 1 unspecified atom stereocenters. The average molecular weight is 241 g/mol. The van der Waals surface area contributed by atoms with Crippen LogP contribution in [0, 0.1) is 0 Å². The van der Waals surface area contributed by atoms with Crippen molar-refractivity contribution in [2.75, 3.05) is 0 Å². The molecule has 1 aliphatic carbocycles. The quantitative estimate of drug-likeness (QED) is 0.542. The fourth-order valence-electron chi connectivity index (χ4n) is 2.94. The van der Waals surface area contributed by atoms with Crippen molar-refractivity contribution in [3.05, 3.63) is 29.3 Å². The Hall–Kier alpha value is -1.78. The molecule has 1 spiro atoms. The lowest BCUT2D eigenvalue weighted by atomic mass is 9.65. The van der Waals surface area contributed by atoms with Crippen LogP contribution in [0.4, 0.5) is 4.79 Å². The fraction of sp³-hybridized carbons (Fsp3) is 0.385. The molecule has 1 saturated heterocycles. The largest absolute Gasteiger partial charge is 0.323 e. The minimum absolute atomic E-state index is 0.191. The average Bonchev–Trinajstić information content (AvgIpc) is 2.63. The van der Waals surface area contributed by atoms with E-state index >= 15 is 0 Å². The van der Waals surface area contributed by atoms with Crippen LogP contribution in [0.15, 0.2) is 18.2 Å². The Morgan fingerprint density at radius 3 is 2.83 bits per heavy atom. The van der Waals surface area contributed by atoms with E-state index in [-0.39, 0.29) is 11.9 Å². The number of benzene rings is 1. The van der Waals surface area contributed by atoms with Crippen molar-refractivity contribution >= 4 is 24.7 Å². The Morgan fingerprint density at radius 1 is 1.33 bits per heavy atom. The lowest BCUT2D eigenvalue weighted by Gasteiger charge is -2.33. The minimum Gasteiger partial charge on any atom is -0.323 e. The smallest absolute Gasteiger partial charge is 0.322 e. The molecule has 2 N–H and O–H groups in total. The first-order valence-corrected chi connectivity index (χ1v) is 6.18. The van der Waals surface area contributed by atoms with E-state index < -0.39 is 5.54 Å². The van der Waals surface area contributed by atoms with Gasteiger partial charge in [-0.1, -0.05) is 30.5 Å². The number of rotatable bonds is 1. The van der Waals surface area contributed by atoms with Crippen molar-refractivity contribution in [3.63, 3.8) is 0 Å². The van der Waals surface area contributed by atoms with E-state index in [2.05, 4.69) is 16.7 Å². The van der Waals surface area contributed by atoms with Gasteiger partial charge in [0.2, 0.25) is 0 Å². The second kappa shape index (κ2) is 3.87. The molecular weight excluding hydrogens is 227 g/mol. The zero-order valence-corrected chi connectivity index (χ0v) is 10.2. The van der Waals surface area contributed by atoms with Gasteiger partial charge in [-0.25, -0.2) is 4.79 Å². The van der Waals surface area contributed by atoms with E-state index in [0.717, 1.165) is 11.9 Å². The van der Waals surface area contributed by atoms with E-state index in [1.165, 1.54) is 11.1 Å². The molecule has 0 bridgehead atoms. The third-order valence-corrected chi connectivity index (χ3v) is 3.93. The highest BCUT2D eigenvalue weighted by Crippen LogP contribution is 2.30. The minimum atomic E-state index is -0.733. The van der Waals surface area contributed by atoms with Crippen LogP contribution < -0.4 is 16.1 Å².